The lowest BCUT2D eigenvalue weighted by atomic mass is 10.0. The van der Waals surface area contributed by atoms with E-state index in [9.17, 15) is 8.42 Å². The smallest absolute Gasteiger partial charge is 0.264 e. The summed E-state index contributed by atoms with van der Waals surface area (Å²) >= 11 is 0. The molecule has 1 aromatic heterocycles. The van der Waals surface area contributed by atoms with E-state index in [2.05, 4.69) is 12.0 Å². The summed E-state index contributed by atoms with van der Waals surface area (Å²) in [5.74, 6) is 0.997. The third kappa shape index (κ3) is 4.41. The quantitative estimate of drug-likeness (QED) is 0.499. The summed E-state index contributed by atoms with van der Waals surface area (Å²) in [6.07, 6.45) is 6.99. The maximum atomic E-state index is 13.7. The van der Waals surface area contributed by atoms with Gasteiger partial charge in [0.25, 0.3) is 10.0 Å². The molecule has 1 aliphatic heterocycles. The number of sulfonamides is 1. The molecule has 6 nitrogen and oxygen atoms in total. The zero-order valence-corrected chi connectivity index (χ0v) is 19.4. The summed E-state index contributed by atoms with van der Waals surface area (Å²) in [5.41, 5.74) is 2.93. The van der Waals surface area contributed by atoms with Crippen molar-refractivity contribution in [3.8, 4) is 0 Å². The minimum absolute atomic E-state index is 0.329. The number of nitrogens with zero attached hydrogens (tertiary/aromatic N) is 3. The van der Waals surface area contributed by atoms with Crippen LogP contribution < -0.4 is 4.31 Å². The Hall–Kier alpha value is -2.38. The second-order valence-corrected chi connectivity index (χ2v) is 11.0. The van der Waals surface area contributed by atoms with Crippen molar-refractivity contribution >= 4 is 26.6 Å². The molecule has 3 aromatic rings. The maximum absolute atomic E-state index is 13.7. The minimum Gasteiger partial charge on any atom is -0.381 e. The van der Waals surface area contributed by atoms with E-state index in [1.165, 1.54) is 5.56 Å². The number of benzene rings is 2. The van der Waals surface area contributed by atoms with Gasteiger partial charge in [0.15, 0.2) is 0 Å². The molecule has 2 heterocycles. The van der Waals surface area contributed by atoms with Gasteiger partial charge in [-0.25, -0.2) is 8.42 Å². The van der Waals surface area contributed by atoms with Crippen LogP contribution in [0.2, 0.25) is 0 Å². The highest BCUT2D eigenvalue weighted by Gasteiger charge is 2.32. The van der Waals surface area contributed by atoms with Crippen LogP contribution in [-0.2, 0) is 27.7 Å². The van der Waals surface area contributed by atoms with Gasteiger partial charge in [-0.3, -0.25) is 8.99 Å². The van der Waals surface area contributed by atoms with Crippen molar-refractivity contribution in [3.63, 3.8) is 0 Å². The Labute approximate surface area is 190 Å². The number of aryl methyl sites for hydroxylation is 1. The van der Waals surface area contributed by atoms with Crippen molar-refractivity contribution in [2.24, 2.45) is 11.8 Å². The molecular weight excluding hydrogens is 422 g/mol. The summed E-state index contributed by atoms with van der Waals surface area (Å²) in [4.78, 5) is 0.329. The summed E-state index contributed by atoms with van der Waals surface area (Å²) in [5, 5.41) is 5.43. The molecule has 0 radical (unpaired) electrons. The molecule has 0 spiro atoms. The number of fused-ring (bicyclic) bond motifs is 1. The number of ether oxygens (including phenoxy) is 1. The van der Waals surface area contributed by atoms with Crippen molar-refractivity contribution in [3.05, 3.63) is 54.2 Å². The number of anilines is 1. The van der Waals surface area contributed by atoms with Crippen molar-refractivity contribution in [2.45, 2.75) is 50.5 Å². The van der Waals surface area contributed by atoms with Gasteiger partial charge in [0.2, 0.25) is 0 Å². The molecule has 1 saturated carbocycles. The molecule has 32 heavy (non-hydrogen) atoms. The first-order chi connectivity index (χ1) is 15.5. The zero-order chi connectivity index (χ0) is 22.1. The van der Waals surface area contributed by atoms with E-state index in [4.69, 9.17) is 4.74 Å². The Morgan fingerprint density at radius 2 is 1.78 bits per heavy atom. The van der Waals surface area contributed by atoms with Crippen LogP contribution in [0.1, 0.15) is 38.2 Å². The Morgan fingerprint density at radius 3 is 2.47 bits per heavy atom. The lowest BCUT2D eigenvalue weighted by Gasteiger charge is -2.25. The van der Waals surface area contributed by atoms with Gasteiger partial charge in [0.1, 0.15) is 0 Å². The van der Waals surface area contributed by atoms with Gasteiger partial charge in [-0.15, -0.1) is 0 Å². The fourth-order valence-corrected chi connectivity index (χ4v) is 6.02. The predicted molar refractivity (Wildman–Crippen MR) is 126 cm³/mol. The maximum Gasteiger partial charge on any atom is 0.264 e. The van der Waals surface area contributed by atoms with Crippen LogP contribution in [0.25, 0.3) is 10.9 Å². The standard InChI is InChI=1S/C25H31N3O3S/c1-2-19-5-7-23(8-6-19)28(18-20-3-4-20)32(29,30)24-9-10-25-22(15-24)16-26-27(25)17-21-11-13-31-14-12-21/h5-10,15-16,20-21H,2-4,11-14,17-18H2,1H3. The average molecular weight is 454 g/mol. The Kier molecular flexibility index (Phi) is 5.95. The average Bonchev–Trinajstić information content (AvgIpc) is 3.57. The SMILES string of the molecule is CCc1ccc(N(CC2CC2)S(=O)(=O)c2ccc3c(cnn3CC3CCOCC3)c2)cc1. The van der Waals surface area contributed by atoms with Gasteiger partial charge < -0.3 is 4.74 Å². The second kappa shape index (κ2) is 8.87. The first-order valence-corrected chi connectivity index (χ1v) is 13.1. The molecule has 7 heteroatoms. The van der Waals surface area contributed by atoms with E-state index in [1.807, 2.05) is 35.0 Å². The number of hydrogen-bond acceptors (Lipinski definition) is 4. The van der Waals surface area contributed by atoms with Gasteiger partial charge in [0, 0.05) is 31.7 Å². The second-order valence-electron chi connectivity index (χ2n) is 9.10. The molecule has 0 amide bonds. The van der Waals surface area contributed by atoms with Gasteiger partial charge in [-0.1, -0.05) is 19.1 Å². The lowest BCUT2D eigenvalue weighted by molar-refractivity contribution is 0.0605. The molecular formula is C25H31N3O3S. The minimum atomic E-state index is -3.66. The zero-order valence-electron chi connectivity index (χ0n) is 18.6. The van der Waals surface area contributed by atoms with Crippen LogP contribution in [0.15, 0.2) is 53.6 Å². The molecule has 2 aliphatic rings. The van der Waals surface area contributed by atoms with Crippen LogP contribution in [0.4, 0.5) is 5.69 Å². The highest BCUT2D eigenvalue weighted by Crippen LogP contribution is 2.35. The van der Waals surface area contributed by atoms with E-state index in [-0.39, 0.29) is 0 Å². The summed E-state index contributed by atoms with van der Waals surface area (Å²) < 4.78 is 36.5. The highest BCUT2D eigenvalue weighted by molar-refractivity contribution is 7.92. The van der Waals surface area contributed by atoms with Gasteiger partial charge >= 0.3 is 0 Å². The first kappa shape index (κ1) is 21.5. The molecule has 170 valence electrons. The molecule has 0 N–H and O–H groups in total. The third-order valence-corrected chi connectivity index (χ3v) is 8.52. The van der Waals surface area contributed by atoms with E-state index < -0.39 is 10.0 Å². The van der Waals surface area contributed by atoms with E-state index in [0.29, 0.717) is 23.3 Å². The molecule has 2 fully saturated rings. The largest absolute Gasteiger partial charge is 0.381 e. The van der Waals surface area contributed by atoms with Crippen LogP contribution >= 0.6 is 0 Å². The van der Waals surface area contributed by atoms with E-state index >= 15 is 0 Å². The van der Waals surface area contributed by atoms with Crippen LogP contribution in [0, 0.1) is 11.8 Å². The summed E-state index contributed by atoms with van der Waals surface area (Å²) in [6, 6.07) is 13.3. The number of rotatable bonds is 8. The molecule has 0 atom stereocenters. The third-order valence-electron chi connectivity index (χ3n) is 6.73. The molecule has 1 saturated heterocycles. The molecule has 5 rings (SSSR count). The fourth-order valence-electron chi connectivity index (χ4n) is 4.45. The Morgan fingerprint density at radius 1 is 1.03 bits per heavy atom. The van der Waals surface area contributed by atoms with Crippen LogP contribution in [0.5, 0.6) is 0 Å². The van der Waals surface area contributed by atoms with Crippen molar-refractivity contribution < 1.29 is 13.2 Å². The van der Waals surface area contributed by atoms with Crippen molar-refractivity contribution in [1.82, 2.24) is 9.78 Å². The highest BCUT2D eigenvalue weighted by atomic mass is 32.2. The number of aromatic nitrogens is 2. The Balaban J connectivity index is 1.44. The van der Waals surface area contributed by atoms with Gasteiger partial charge in [-0.2, -0.15) is 5.10 Å². The molecule has 0 bridgehead atoms. The summed E-state index contributed by atoms with van der Waals surface area (Å²) in [7, 11) is -3.66. The number of hydrogen-bond donors (Lipinski definition) is 0. The lowest BCUT2D eigenvalue weighted by Crippen LogP contribution is -2.33. The Bertz CT molecular complexity index is 1180. The fraction of sp³-hybridized carbons (Fsp3) is 0.480. The first-order valence-electron chi connectivity index (χ1n) is 11.7. The van der Waals surface area contributed by atoms with Crippen LogP contribution in [0.3, 0.4) is 0 Å². The van der Waals surface area contributed by atoms with Crippen LogP contribution in [-0.4, -0.2) is 38.0 Å². The molecule has 0 unspecified atom stereocenters. The van der Waals surface area contributed by atoms with E-state index in [1.54, 1.807) is 22.6 Å². The normalized spacial score (nSPS) is 17.7. The summed E-state index contributed by atoms with van der Waals surface area (Å²) in [6.45, 7) is 5.10. The topological polar surface area (TPSA) is 64.4 Å². The molecule has 1 aliphatic carbocycles. The van der Waals surface area contributed by atoms with E-state index in [0.717, 1.165) is 68.5 Å². The van der Waals surface area contributed by atoms with Crippen molar-refractivity contribution in [1.29, 1.82) is 0 Å². The van der Waals surface area contributed by atoms with Gasteiger partial charge in [-0.05, 0) is 79.8 Å². The van der Waals surface area contributed by atoms with Gasteiger partial charge in [0.05, 0.1) is 22.3 Å². The molecule has 2 aromatic carbocycles. The monoisotopic (exact) mass is 453 g/mol. The van der Waals surface area contributed by atoms with Crippen molar-refractivity contribution in [2.75, 3.05) is 24.1 Å². The predicted octanol–water partition coefficient (Wildman–Crippen LogP) is 4.63.